The molecule has 1 aliphatic heterocycles. The fourth-order valence-corrected chi connectivity index (χ4v) is 6.06. The number of halogens is 2. The molecule has 9 heteroatoms. The molecule has 1 aliphatic rings. The van der Waals surface area contributed by atoms with E-state index in [2.05, 4.69) is 5.32 Å². The first-order valence-corrected chi connectivity index (χ1v) is 12.9. The molecule has 2 aromatic rings. The van der Waals surface area contributed by atoms with Gasteiger partial charge in [-0.2, -0.15) is 0 Å². The first-order valence-electron chi connectivity index (χ1n) is 10.6. The maximum Gasteiger partial charge on any atom is 0.224 e. The topological polar surface area (TPSA) is 75.7 Å². The highest BCUT2D eigenvalue weighted by Gasteiger charge is 2.33. The van der Waals surface area contributed by atoms with Gasteiger partial charge in [-0.3, -0.25) is 4.79 Å². The first-order chi connectivity index (χ1) is 15.2. The Bertz CT molecular complexity index is 1060. The molecule has 0 saturated carbocycles. The van der Waals surface area contributed by atoms with E-state index in [0.717, 1.165) is 16.9 Å². The second-order valence-electron chi connectivity index (χ2n) is 8.06. The Balaban J connectivity index is 1.53. The number of sulfonamides is 1. The van der Waals surface area contributed by atoms with Gasteiger partial charge in [0.2, 0.25) is 15.9 Å². The average Bonchev–Trinajstić information content (AvgIpc) is 2.76. The molecule has 1 saturated heterocycles. The van der Waals surface area contributed by atoms with Crippen molar-refractivity contribution in [1.82, 2.24) is 9.62 Å². The maximum absolute atomic E-state index is 13.0. The minimum absolute atomic E-state index is 0.147. The summed E-state index contributed by atoms with van der Waals surface area (Å²) in [7, 11) is -3.66. The van der Waals surface area contributed by atoms with Gasteiger partial charge >= 0.3 is 0 Å². The number of benzene rings is 2. The highest BCUT2D eigenvalue weighted by atomic mass is 35.5. The van der Waals surface area contributed by atoms with Crippen LogP contribution in [0.5, 0.6) is 5.75 Å². The van der Waals surface area contributed by atoms with Crippen LogP contribution in [0.2, 0.25) is 10.0 Å². The summed E-state index contributed by atoms with van der Waals surface area (Å²) in [6.45, 7) is 5.19. The molecule has 3 rings (SSSR count). The van der Waals surface area contributed by atoms with Gasteiger partial charge in [0.25, 0.3) is 0 Å². The van der Waals surface area contributed by atoms with Crippen molar-refractivity contribution in [1.29, 1.82) is 0 Å². The molecule has 0 spiro atoms. The molecule has 1 fully saturated rings. The highest BCUT2D eigenvalue weighted by Crippen LogP contribution is 2.29. The SMILES string of the molecule is Cc1ccc(C)c(OCCNC(=O)[C@@H]2CCCN(S(=O)(=O)Cc3c(Cl)cccc3Cl)C2)c1. The Morgan fingerprint density at radius 1 is 1.19 bits per heavy atom. The second-order valence-corrected chi connectivity index (χ2v) is 10.8. The Morgan fingerprint density at radius 3 is 2.62 bits per heavy atom. The van der Waals surface area contributed by atoms with Gasteiger partial charge in [0.1, 0.15) is 12.4 Å². The van der Waals surface area contributed by atoms with Gasteiger partial charge in [0.15, 0.2) is 0 Å². The van der Waals surface area contributed by atoms with Crippen molar-refractivity contribution in [3.05, 3.63) is 63.1 Å². The minimum atomic E-state index is -3.66. The molecule has 0 aromatic heterocycles. The molecule has 1 N–H and O–H groups in total. The molecule has 1 heterocycles. The van der Waals surface area contributed by atoms with Gasteiger partial charge < -0.3 is 10.1 Å². The summed E-state index contributed by atoms with van der Waals surface area (Å²) in [5.41, 5.74) is 2.52. The van der Waals surface area contributed by atoms with Crippen molar-refractivity contribution in [2.24, 2.45) is 5.92 Å². The lowest BCUT2D eigenvalue weighted by Crippen LogP contribution is -2.46. The predicted molar refractivity (Wildman–Crippen MR) is 128 cm³/mol. The van der Waals surface area contributed by atoms with Crippen LogP contribution in [0.3, 0.4) is 0 Å². The fraction of sp³-hybridized carbons (Fsp3) is 0.435. The standard InChI is InChI=1S/C23H28Cl2N2O4S/c1-16-8-9-17(2)22(13-16)31-12-10-26-23(28)18-5-4-11-27(14-18)32(29,30)15-19-20(24)6-3-7-21(19)25/h3,6-9,13,18H,4-5,10-12,14-15H2,1-2H3,(H,26,28)/t18-/m1/s1. The molecule has 32 heavy (non-hydrogen) atoms. The smallest absolute Gasteiger partial charge is 0.224 e. The molecular weight excluding hydrogens is 471 g/mol. The number of ether oxygens (including phenoxy) is 1. The van der Waals surface area contributed by atoms with Gasteiger partial charge in [-0.25, -0.2) is 12.7 Å². The van der Waals surface area contributed by atoms with Crippen molar-refractivity contribution in [2.75, 3.05) is 26.2 Å². The Kier molecular flexibility index (Phi) is 8.44. The normalized spacial score (nSPS) is 17.2. The van der Waals surface area contributed by atoms with Gasteiger partial charge in [-0.05, 0) is 56.0 Å². The Hall–Kier alpha value is -1.80. The van der Waals surface area contributed by atoms with Crippen LogP contribution in [0.15, 0.2) is 36.4 Å². The second kappa shape index (κ2) is 10.9. The van der Waals surface area contributed by atoms with Gasteiger partial charge in [0, 0.05) is 28.7 Å². The summed E-state index contributed by atoms with van der Waals surface area (Å²) in [4.78, 5) is 12.6. The summed E-state index contributed by atoms with van der Waals surface area (Å²) >= 11 is 12.3. The average molecular weight is 499 g/mol. The van der Waals surface area contributed by atoms with E-state index in [1.807, 2.05) is 32.0 Å². The Labute approximate surface area is 199 Å². The Morgan fingerprint density at radius 2 is 1.91 bits per heavy atom. The van der Waals surface area contributed by atoms with Gasteiger partial charge in [-0.15, -0.1) is 0 Å². The van der Waals surface area contributed by atoms with E-state index in [9.17, 15) is 13.2 Å². The lowest BCUT2D eigenvalue weighted by Gasteiger charge is -2.31. The molecule has 0 radical (unpaired) electrons. The molecular formula is C23H28Cl2N2O4S. The lowest BCUT2D eigenvalue weighted by atomic mass is 9.99. The third-order valence-electron chi connectivity index (χ3n) is 5.54. The number of aryl methyl sites for hydroxylation is 2. The van der Waals surface area contributed by atoms with Gasteiger partial charge in [-0.1, -0.05) is 41.4 Å². The zero-order chi connectivity index (χ0) is 23.3. The third-order valence-corrected chi connectivity index (χ3v) is 8.02. The molecule has 0 bridgehead atoms. The van der Waals surface area contributed by atoms with Crippen LogP contribution in [0.4, 0.5) is 0 Å². The van der Waals surface area contributed by atoms with Crippen LogP contribution in [0, 0.1) is 19.8 Å². The molecule has 1 amide bonds. The summed E-state index contributed by atoms with van der Waals surface area (Å²) in [5.74, 6) is -0.0533. The van der Waals surface area contributed by atoms with Crippen molar-refractivity contribution >= 4 is 39.1 Å². The first kappa shape index (κ1) is 24.8. The van der Waals surface area contributed by atoms with Crippen LogP contribution >= 0.6 is 23.2 Å². The summed E-state index contributed by atoms with van der Waals surface area (Å²) in [6, 6.07) is 10.9. The van der Waals surface area contributed by atoms with Crippen LogP contribution in [0.25, 0.3) is 0 Å². The number of nitrogens with one attached hydrogen (secondary N) is 1. The number of nitrogens with zero attached hydrogens (tertiary/aromatic N) is 1. The van der Waals surface area contributed by atoms with Crippen molar-refractivity contribution in [2.45, 2.75) is 32.4 Å². The number of amides is 1. The quantitative estimate of drug-likeness (QED) is 0.549. The van der Waals surface area contributed by atoms with E-state index in [0.29, 0.717) is 48.1 Å². The molecule has 174 valence electrons. The minimum Gasteiger partial charge on any atom is -0.491 e. The van der Waals surface area contributed by atoms with Crippen LogP contribution in [0.1, 0.15) is 29.5 Å². The zero-order valence-electron chi connectivity index (χ0n) is 18.2. The molecule has 6 nitrogen and oxygen atoms in total. The summed E-state index contributed by atoms with van der Waals surface area (Å²) in [5, 5.41) is 3.50. The lowest BCUT2D eigenvalue weighted by molar-refractivity contribution is -0.126. The zero-order valence-corrected chi connectivity index (χ0v) is 20.6. The number of carbonyl (C=O) groups excluding carboxylic acids is 1. The molecule has 0 aliphatic carbocycles. The van der Waals surface area contributed by atoms with Crippen molar-refractivity contribution in [3.63, 3.8) is 0 Å². The van der Waals surface area contributed by atoms with E-state index >= 15 is 0 Å². The van der Waals surface area contributed by atoms with E-state index in [-0.39, 0.29) is 18.2 Å². The fourth-order valence-electron chi connectivity index (χ4n) is 3.70. The summed E-state index contributed by atoms with van der Waals surface area (Å²) in [6.07, 6.45) is 1.26. The third kappa shape index (κ3) is 6.38. The summed E-state index contributed by atoms with van der Waals surface area (Å²) < 4.78 is 33.1. The van der Waals surface area contributed by atoms with Crippen LogP contribution < -0.4 is 10.1 Å². The largest absolute Gasteiger partial charge is 0.491 e. The monoisotopic (exact) mass is 498 g/mol. The van der Waals surface area contributed by atoms with E-state index in [1.165, 1.54) is 4.31 Å². The van der Waals surface area contributed by atoms with Crippen LogP contribution in [-0.4, -0.2) is 44.9 Å². The van der Waals surface area contributed by atoms with Gasteiger partial charge in [0.05, 0.1) is 18.2 Å². The van der Waals surface area contributed by atoms with E-state index in [4.69, 9.17) is 27.9 Å². The highest BCUT2D eigenvalue weighted by molar-refractivity contribution is 7.88. The molecule has 1 atom stereocenters. The maximum atomic E-state index is 13.0. The number of hydrogen-bond acceptors (Lipinski definition) is 4. The number of rotatable bonds is 8. The molecule has 0 unspecified atom stereocenters. The van der Waals surface area contributed by atoms with Crippen molar-refractivity contribution < 1.29 is 17.9 Å². The predicted octanol–water partition coefficient (Wildman–Crippen LogP) is 4.35. The molecule has 2 aromatic carbocycles. The number of hydrogen-bond donors (Lipinski definition) is 1. The van der Waals surface area contributed by atoms with Crippen LogP contribution in [-0.2, 0) is 20.6 Å². The number of carbonyl (C=O) groups is 1. The van der Waals surface area contributed by atoms with E-state index in [1.54, 1.807) is 18.2 Å². The van der Waals surface area contributed by atoms with E-state index < -0.39 is 15.9 Å². The van der Waals surface area contributed by atoms with Crippen molar-refractivity contribution in [3.8, 4) is 5.75 Å². The number of piperidine rings is 1.